The van der Waals surface area contributed by atoms with Gasteiger partial charge in [0, 0.05) is 43.4 Å². The van der Waals surface area contributed by atoms with Crippen molar-refractivity contribution in [2.45, 2.75) is 25.9 Å². The first-order valence-electron chi connectivity index (χ1n) is 13.3. The Bertz CT molecular complexity index is 1390. The smallest absolute Gasteiger partial charge is 0.299 e. The zero-order valence-electron chi connectivity index (χ0n) is 22.3. The number of carbonyl (C=O) groups is 4. The molecule has 206 valence electrons. The molecule has 3 amide bonds. The minimum absolute atomic E-state index is 0.117. The van der Waals surface area contributed by atoms with Gasteiger partial charge >= 0.3 is 0 Å². The number of pyridine rings is 1. The van der Waals surface area contributed by atoms with Crippen molar-refractivity contribution in [3.8, 4) is 0 Å². The lowest BCUT2D eigenvalue weighted by atomic mass is 10.1. The van der Waals surface area contributed by atoms with Crippen molar-refractivity contribution in [3.05, 3.63) is 84.2 Å². The molecule has 0 saturated carbocycles. The fourth-order valence-electron chi connectivity index (χ4n) is 5.04. The molecule has 1 fully saturated rings. The van der Waals surface area contributed by atoms with Crippen LogP contribution in [0, 0.1) is 0 Å². The third kappa shape index (κ3) is 5.72. The van der Waals surface area contributed by atoms with E-state index in [1.807, 2.05) is 37.3 Å². The second kappa shape index (κ2) is 12.1. The Morgan fingerprint density at radius 3 is 2.48 bits per heavy atom. The summed E-state index contributed by atoms with van der Waals surface area (Å²) in [4.78, 5) is 61.5. The molecule has 0 aliphatic carbocycles. The number of hydrogen-bond acceptors (Lipinski definition) is 7. The van der Waals surface area contributed by atoms with Gasteiger partial charge in [-0.15, -0.1) is 0 Å². The summed E-state index contributed by atoms with van der Waals surface area (Å²) in [6.07, 6.45) is 3.61. The van der Waals surface area contributed by atoms with Gasteiger partial charge in [-0.1, -0.05) is 25.1 Å². The van der Waals surface area contributed by atoms with E-state index in [9.17, 15) is 19.2 Å². The molecule has 40 heavy (non-hydrogen) atoms. The lowest BCUT2D eigenvalue weighted by molar-refractivity contribution is -0.138. The highest BCUT2D eigenvalue weighted by Gasteiger charge is 2.38. The van der Waals surface area contributed by atoms with Gasteiger partial charge in [-0.05, 0) is 54.4 Å². The van der Waals surface area contributed by atoms with Gasteiger partial charge in [-0.25, -0.2) is 0 Å². The number of Topliss-reactive ketones (excluding diaryl/α,β-unsaturated/α-hetero) is 1. The fourth-order valence-corrected chi connectivity index (χ4v) is 5.04. The molecule has 1 unspecified atom stereocenters. The molecule has 2 aliphatic rings. The highest BCUT2D eigenvalue weighted by atomic mass is 16.5. The summed E-state index contributed by atoms with van der Waals surface area (Å²) in [5.41, 5.74) is 3.06. The monoisotopic (exact) mass is 541 g/mol. The number of hydrogen-bond donors (Lipinski definition) is 1. The molecule has 2 aliphatic heterocycles. The normalized spacial score (nSPS) is 15.5. The number of para-hydroxylation sites is 1. The predicted molar refractivity (Wildman–Crippen MR) is 150 cm³/mol. The molecule has 3 aromatic rings. The van der Waals surface area contributed by atoms with Gasteiger partial charge in [0.1, 0.15) is 12.6 Å². The maximum atomic E-state index is 13.7. The van der Waals surface area contributed by atoms with Crippen molar-refractivity contribution in [1.82, 2.24) is 9.88 Å². The average Bonchev–Trinajstić information content (AvgIpc) is 3.23. The van der Waals surface area contributed by atoms with E-state index in [1.54, 1.807) is 42.7 Å². The van der Waals surface area contributed by atoms with E-state index in [0.29, 0.717) is 31.0 Å². The van der Waals surface area contributed by atoms with Crippen LogP contribution >= 0.6 is 0 Å². The largest absolute Gasteiger partial charge is 0.378 e. The Labute approximate surface area is 232 Å². The predicted octanol–water partition coefficient (Wildman–Crippen LogP) is 2.89. The third-order valence-electron chi connectivity index (χ3n) is 7.14. The number of nitrogens with one attached hydrogen (secondary N) is 1. The summed E-state index contributed by atoms with van der Waals surface area (Å²) >= 11 is 0. The molecule has 0 radical (unpaired) electrons. The molecule has 1 atom stereocenters. The number of ketones is 1. The van der Waals surface area contributed by atoms with Crippen molar-refractivity contribution in [3.63, 3.8) is 0 Å². The second-order valence-corrected chi connectivity index (χ2v) is 9.68. The molecule has 10 nitrogen and oxygen atoms in total. The van der Waals surface area contributed by atoms with E-state index in [-0.39, 0.29) is 24.6 Å². The van der Waals surface area contributed by atoms with E-state index in [2.05, 4.69) is 15.2 Å². The minimum atomic E-state index is -0.824. The molecular formula is C30H31N5O5. The summed E-state index contributed by atoms with van der Waals surface area (Å²) in [5, 5.41) is 2.94. The van der Waals surface area contributed by atoms with Crippen LogP contribution in [0.1, 0.15) is 29.3 Å². The second-order valence-electron chi connectivity index (χ2n) is 9.68. The van der Waals surface area contributed by atoms with E-state index < -0.39 is 23.6 Å². The average molecular weight is 542 g/mol. The maximum absolute atomic E-state index is 13.7. The Hall–Kier alpha value is -4.57. The van der Waals surface area contributed by atoms with Crippen LogP contribution in [-0.2, 0) is 25.7 Å². The number of fused-ring (bicyclic) bond motifs is 1. The molecule has 1 saturated heterocycles. The number of amides is 3. The Balaban J connectivity index is 1.35. The number of aromatic nitrogens is 1. The number of anilines is 3. The summed E-state index contributed by atoms with van der Waals surface area (Å²) in [6.45, 7) is 4.57. The van der Waals surface area contributed by atoms with Gasteiger partial charge in [0.15, 0.2) is 0 Å². The third-order valence-corrected chi connectivity index (χ3v) is 7.14. The summed E-state index contributed by atoms with van der Waals surface area (Å²) in [6, 6.07) is 16.9. The molecule has 10 heteroatoms. The van der Waals surface area contributed by atoms with Crippen molar-refractivity contribution < 1.29 is 23.9 Å². The van der Waals surface area contributed by atoms with Crippen LogP contribution in [-0.4, -0.2) is 72.3 Å². The first-order valence-corrected chi connectivity index (χ1v) is 13.3. The van der Waals surface area contributed by atoms with Crippen molar-refractivity contribution in [2.75, 3.05) is 48.0 Å². The lowest BCUT2D eigenvalue weighted by Crippen LogP contribution is -2.50. The van der Waals surface area contributed by atoms with Crippen molar-refractivity contribution in [2.24, 2.45) is 0 Å². The van der Waals surface area contributed by atoms with Crippen LogP contribution in [0.15, 0.2) is 73.1 Å². The number of ether oxygens (including phenoxy) is 1. The Morgan fingerprint density at radius 2 is 1.77 bits per heavy atom. The summed E-state index contributed by atoms with van der Waals surface area (Å²) in [5.74, 6) is -2.20. The SMILES string of the molecule is CCC(C(=O)Nc1ccc(N2CCOCC2)cc1)N(Cc1cccnc1)C(=O)CN1C(=O)C(=O)c2ccccc21. The quantitative estimate of drug-likeness (QED) is 0.415. The number of rotatable bonds is 9. The van der Waals surface area contributed by atoms with Crippen LogP contribution in [0.5, 0.6) is 0 Å². The molecule has 0 spiro atoms. The van der Waals surface area contributed by atoms with E-state index >= 15 is 0 Å². The molecule has 5 rings (SSSR count). The zero-order chi connectivity index (χ0) is 28.1. The van der Waals surface area contributed by atoms with Crippen molar-refractivity contribution in [1.29, 1.82) is 0 Å². The highest BCUT2D eigenvalue weighted by molar-refractivity contribution is 6.52. The highest BCUT2D eigenvalue weighted by Crippen LogP contribution is 2.29. The Morgan fingerprint density at radius 1 is 1.02 bits per heavy atom. The first-order chi connectivity index (χ1) is 19.5. The molecule has 0 bridgehead atoms. The van der Waals surface area contributed by atoms with Crippen LogP contribution in [0.2, 0.25) is 0 Å². The van der Waals surface area contributed by atoms with Crippen LogP contribution < -0.4 is 15.1 Å². The van der Waals surface area contributed by atoms with Gasteiger partial charge in [-0.2, -0.15) is 0 Å². The van der Waals surface area contributed by atoms with Gasteiger partial charge in [0.05, 0.1) is 24.5 Å². The van der Waals surface area contributed by atoms with Gasteiger partial charge < -0.3 is 19.9 Å². The topological polar surface area (TPSA) is 112 Å². The van der Waals surface area contributed by atoms with Crippen molar-refractivity contribution >= 4 is 40.6 Å². The maximum Gasteiger partial charge on any atom is 0.299 e. The van der Waals surface area contributed by atoms with Gasteiger partial charge in [-0.3, -0.25) is 29.1 Å². The molecule has 2 aromatic carbocycles. The first kappa shape index (κ1) is 27.0. The Kier molecular flexibility index (Phi) is 8.16. The number of morpholine rings is 1. The van der Waals surface area contributed by atoms with Gasteiger partial charge in [0.2, 0.25) is 11.8 Å². The van der Waals surface area contributed by atoms with Crippen LogP contribution in [0.4, 0.5) is 17.1 Å². The zero-order valence-corrected chi connectivity index (χ0v) is 22.3. The van der Waals surface area contributed by atoms with Gasteiger partial charge in [0.25, 0.3) is 11.7 Å². The standard InChI is InChI=1S/C30H31N5O5/c1-2-25(29(38)32-22-9-11-23(12-10-22)33-14-16-40-17-15-33)34(19-21-6-5-13-31-18-21)27(36)20-35-26-8-4-3-7-24(26)28(37)30(35)39/h3-13,18,25H,2,14-17,19-20H2,1H3,(H,32,38). The summed E-state index contributed by atoms with van der Waals surface area (Å²) in [7, 11) is 0. The molecule has 1 aromatic heterocycles. The van der Waals surface area contributed by atoms with E-state index in [4.69, 9.17) is 4.74 Å². The number of carbonyl (C=O) groups excluding carboxylic acids is 4. The van der Waals surface area contributed by atoms with E-state index in [1.165, 1.54) is 9.80 Å². The fraction of sp³-hybridized carbons (Fsp3) is 0.300. The van der Waals surface area contributed by atoms with E-state index in [0.717, 1.165) is 24.3 Å². The number of nitrogens with zero attached hydrogens (tertiary/aromatic N) is 4. The molecule has 3 heterocycles. The van der Waals surface area contributed by atoms with Crippen LogP contribution in [0.25, 0.3) is 0 Å². The number of benzene rings is 2. The molecular weight excluding hydrogens is 510 g/mol. The van der Waals surface area contributed by atoms with Crippen LogP contribution in [0.3, 0.4) is 0 Å². The molecule has 1 N–H and O–H groups in total. The summed E-state index contributed by atoms with van der Waals surface area (Å²) < 4.78 is 5.42. The minimum Gasteiger partial charge on any atom is -0.378 e. The lowest BCUT2D eigenvalue weighted by Gasteiger charge is -2.32.